The van der Waals surface area contributed by atoms with Gasteiger partial charge in [-0.05, 0) is 0 Å². The van der Waals surface area contributed by atoms with E-state index < -0.39 is 44.1 Å². The number of aliphatic hydroxyl groups excluding tert-OH is 3. The summed E-state index contributed by atoms with van der Waals surface area (Å²) in [4.78, 5) is 17.1. The molecule has 0 amide bonds. The van der Waals surface area contributed by atoms with Crippen LogP contribution in [0.4, 0.5) is 0 Å². The highest BCUT2D eigenvalue weighted by Crippen LogP contribution is 2.45. The van der Waals surface area contributed by atoms with Gasteiger partial charge in [0.25, 0.3) is 0 Å². The lowest BCUT2D eigenvalue weighted by atomic mass is 9.94. The zero-order valence-corrected chi connectivity index (χ0v) is 10.6. The van der Waals surface area contributed by atoms with Crippen molar-refractivity contribution in [3.8, 4) is 0 Å². The second-order valence-electron chi connectivity index (χ2n) is 3.73. The smallest absolute Gasteiger partial charge is 0.394 e. The standard InChI is InChI=1S/C7H15O8PS/c1-3-5(9)6(10)4(2-8)14-7(3)17-15-16(11,12)13/h3-10H,2H2,1H3,(H2,11,12,13)/t3-,4-,5-,6+,7+/m1/s1. The van der Waals surface area contributed by atoms with Crippen molar-refractivity contribution in [1.82, 2.24) is 0 Å². The highest BCUT2D eigenvalue weighted by Gasteiger charge is 2.43. The maximum absolute atomic E-state index is 10.5. The summed E-state index contributed by atoms with van der Waals surface area (Å²) in [6.07, 6.45) is -3.43. The topological polar surface area (TPSA) is 137 Å². The first-order valence-corrected chi connectivity index (χ1v) is 7.13. The van der Waals surface area contributed by atoms with Crippen molar-refractivity contribution in [2.24, 2.45) is 5.92 Å². The Morgan fingerprint density at radius 3 is 2.41 bits per heavy atom. The molecule has 0 bridgehead atoms. The van der Waals surface area contributed by atoms with E-state index in [1.165, 1.54) is 6.92 Å². The van der Waals surface area contributed by atoms with Crippen LogP contribution in [-0.4, -0.2) is 55.5 Å². The van der Waals surface area contributed by atoms with Crippen molar-refractivity contribution in [1.29, 1.82) is 0 Å². The Labute approximate surface area is 102 Å². The third-order valence-electron chi connectivity index (χ3n) is 2.42. The maximum atomic E-state index is 10.5. The average Bonchev–Trinajstić information content (AvgIpc) is 2.24. The van der Waals surface area contributed by atoms with Gasteiger partial charge in [-0.3, -0.25) is 0 Å². The summed E-state index contributed by atoms with van der Waals surface area (Å²) < 4.78 is 19.9. The number of hydrogen-bond donors (Lipinski definition) is 5. The molecule has 1 aliphatic heterocycles. The van der Waals surface area contributed by atoms with Crippen LogP contribution in [0.5, 0.6) is 0 Å². The second-order valence-corrected chi connectivity index (χ2v) is 5.96. The molecule has 1 aliphatic rings. The SMILES string of the molecule is C[C@@H]1[C@@H](O)[C@@H](O)[C@@H](CO)O[C@H]1SOP(=O)(O)O. The van der Waals surface area contributed by atoms with E-state index in [4.69, 9.17) is 19.6 Å². The molecule has 0 spiro atoms. The number of rotatable bonds is 4. The average molecular weight is 290 g/mol. The molecule has 5 N–H and O–H groups in total. The quantitative estimate of drug-likeness (QED) is 0.320. The van der Waals surface area contributed by atoms with Crippen LogP contribution in [0, 0.1) is 5.92 Å². The number of phosphoric acid groups is 1. The largest absolute Gasteiger partial charge is 0.480 e. The Kier molecular flexibility index (Phi) is 5.39. The van der Waals surface area contributed by atoms with Gasteiger partial charge < -0.3 is 29.8 Å². The Morgan fingerprint density at radius 1 is 1.35 bits per heavy atom. The van der Waals surface area contributed by atoms with Crippen molar-refractivity contribution in [2.45, 2.75) is 30.7 Å². The summed E-state index contributed by atoms with van der Waals surface area (Å²) in [6, 6.07) is 0. The molecule has 8 nitrogen and oxygen atoms in total. The number of hydrogen-bond acceptors (Lipinski definition) is 7. The van der Waals surface area contributed by atoms with E-state index in [1.807, 2.05) is 0 Å². The summed E-state index contributed by atoms with van der Waals surface area (Å²) in [5.74, 6) is -0.607. The molecule has 1 rings (SSSR count). The summed E-state index contributed by atoms with van der Waals surface area (Å²) >= 11 is 0.370. The molecule has 5 atom stereocenters. The Balaban J connectivity index is 2.62. The molecule has 0 aromatic rings. The lowest BCUT2D eigenvalue weighted by molar-refractivity contribution is -0.182. The van der Waals surface area contributed by atoms with Gasteiger partial charge in [0.2, 0.25) is 0 Å². The molecular formula is C7H15O8PS. The molecule has 0 saturated carbocycles. The number of aliphatic hydroxyl groups is 3. The van der Waals surface area contributed by atoms with E-state index in [0.29, 0.717) is 12.0 Å². The van der Waals surface area contributed by atoms with E-state index in [1.54, 1.807) is 0 Å². The predicted molar refractivity (Wildman–Crippen MR) is 57.6 cm³/mol. The van der Waals surface area contributed by atoms with Gasteiger partial charge >= 0.3 is 7.82 Å². The van der Waals surface area contributed by atoms with E-state index in [2.05, 4.69) is 3.97 Å². The summed E-state index contributed by atoms with van der Waals surface area (Å²) in [6.45, 7) is 1.01. The maximum Gasteiger partial charge on any atom is 0.480 e. The fourth-order valence-corrected chi connectivity index (χ4v) is 2.74. The first kappa shape index (κ1) is 15.4. The van der Waals surface area contributed by atoms with Gasteiger partial charge in [0.15, 0.2) is 0 Å². The molecule has 0 aromatic heterocycles. The minimum absolute atomic E-state index is 0.370. The molecular weight excluding hydrogens is 275 g/mol. The van der Waals surface area contributed by atoms with E-state index >= 15 is 0 Å². The second kappa shape index (κ2) is 5.96. The highest BCUT2D eigenvalue weighted by atomic mass is 32.2. The highest BCUT2D eigenvalue weighted by molar-refractivity contribution is 7.98. The molecule has 1 heterocycles. The van der Waals surface area contributed by atoms with Gasteiger partial charge in [-0.2, -0.15) is 0 Å². The fourth-order valence-electron chi connectivity index (χ4n) is 1.43. The minimum atomic E-state index is -4.65. The van der Waals surface area contributed by atoms with Crippen LogP contribution in [0.2, 0.25) is 0 Å². The van der Waals surface area contributed by atoms with Crippen LogP contribution in [0.3, 0.4) is 0 Å². The first-order chi connectivity index (χ1) is 7.76. The minimum Gasteiger partial charge on any atom is -0.394 e. The molecule has 0 aromatic carbocycles. The van der Waals surface area contributed by atoms with E-state index in [0.717, 1.165) is 0 Å². The number of ether oxygens (including phenoxy) is 1. The first-order valence-electron chi connectivity index (χ1n) is 4.79. The van der Waals surface area contributed by atoms with E-state index in [9.17, 15) is 14.8 Å². The lowest BCUT2D eigenvalue weighted by Gasteiger charge is -2.39. The van der Waals surface area contributed by atoms with Crippen molar-refractivity contribution in [3.63, 3.8) is 0 Å². The molecule has 0 aliphatic carbocycles. The zero-order valence-electron chi connectivity index (χ0n) is 8.91. The molecule has 102 valence electrons. The Hall–Kier alpha value is 0.300. The predicted octanol–water partition coefficient (Wildman–Crippen LogP) is -1.18. The lowest BCUT2D eigenvalue weighted by Crippen LogP contribution is -2.53. The monoisotopic (exact) mass is 290 g/mol. The van der Waals surface area contributed by atoms with Gasteiger partial charge in [0.05, 0.1) is 12.7 Å². The van der Waals surface area contributed by atoms with Gasteiger partial charge in [-0.15, -0.1) is 0 Å². The van der Waals surface area contributed by atoms with Crippen molar-refractivity contribution < 1.29 is 38.4 Å². The molecule has 0 unspecified atom stereocenters. The Bertz CT molecular complexity index is 294. The summed E-state index contributed by atoms with van der Waals surface area (Å²) in [7, 11) is -4.65. The zero-order chi connectivity index (χ0) is 13.2. The van der Waals surface area contributed by atoms with Crippen LogP contribution in [0.15, 0.2) is 0 Å². The van der Waals surface area contributed by atoms with Gasteiger partial charge in [-0.25, -0.2) is 8.54 Å². The summed E-state index contributed by atoms with van der Waals surface area (Å²) in [5.41, 5.74) is -0.891. The van der Waals surface area contributed by atoms with Gasteiger partial charge in [-0.1, -0.05) is 6.92 Å². The van der Waals surface area contributed by atoms with Crippen molar-refractivity contribution >= 4 is 19.9 Å². The van der Waals surface area contributed by atoms with Crippen LogP contribution in [0.25, 0.3) is 0 Å². The molecule has 10 heteroatoms. The third-order valence-corrected chi connectivity index (χ3v) is 4.27. The normalized spacial score (nSPS) is 39.3. The fraction of sp³-hybridized carbons (Fsp3) is 1.00. The van der Waals surface area contributed by atoms with Gasteiger partial charge in [0.1, 0.15) is 17.6 Å². The van der Waals surface area contributed by atoms with Crippen LogP contribution >= 0.6 is 19.9 Å². The van der Waals surface area contributed by atoms with Crippen LogP contribution in [0.1, 0.15) is 6.92 Å². The van der Waals surface area contributed by atoms with Crippen molar-refractivity contribution in [2.75, 3.05) is 6.61 Å². The summed E-state index contributed by atoms with van der Waals surface area (Å²) in [5, 5.41) is 28.1. The Morgan fingerprint density at radius 2 is 1.94 bits per heavy atom. The third kappa shape index (κ3) is 4.16. The molecule has 1 fully saturated rings. The molecule has 1 saturated heterocycles. The van der Waals surface area contributed by atoms with Gasteiger partial charge in [0, 0.05) is 18.0 Å². The van der Waals surface area contributed by atoms with Crippen LogP contribution < -0.4 is 0 Å². The van der Waals surface area contributed by atoms with E-state index in [-0.39, 0.29) is 0 Å². The molecule has 17 heavy (non-hydrogen) atoms. The van der Waals surface area contributed by atoms with Crippen molar-refractivity contribution in [3.05, 3.63) is 0 Å². The van der Waals surface area contributed by atoms with Crippen LogP contribution in [-0.2, 0) is 13.3 Å². The molecule has 0 radical (unpaired) electrons.